The third-order valence-electron chi connectivity index (χ3n) is 3.48. The molecule has 1 aromatic heterocycles. The molecule has 0 N–H and O–H groups in total. The fraction of sp³-hybridized carbons (Fsp3) is 0.714. The molecule has 1 aliphatic rings. The summed E-state index contributed by atoms with van der Waals surface area (Å²) in [7, 11) is 3.32. The Hall–Kier alpha value is -0.783. The van der Waals surface area contributed by atoms with Gasteiger partial charge in [0.25, 0.3) is 0 Å². The van der Waals surface area contributed by atoms with E-state index in [0.717, 1.165) is 19.8 Å². The molecule has 19 heavy (non-hydrogen) atoms. The number of fused-ring (bicyclic) bond motifs is 1. The SMILES string of the molecule is CN1Cc2cn(COCC[Si](C)(C)C)cc2N(C)C1. The van der Waals surface area contributed by atoms with E-state index in [9.17, 15) is 0 Å². The predicted molar refractivity (Wildman–Crippen MR) is 83.3 cm³/mol. The van der Waals surface area contributed by atoms with Gasteiger partial charge in [0, 0.05) is 46.2 Å². The standard InChI is InChI=1S/C14H27N3OSi/c1-15-8-13-9-17(10-14(13)16(2)11-15)12-18-6-7-19(3,4)5/h9-10H,6-8,11-12H2,1-5H3. The molecule has 0 amide bonds. The maximum atomic E-state index is 5.80. The minimum Gasteiger partial charge on any atom is -0.361 e. The Balaban J connectivity index is 1.87. The van der Waals surface area contributed by atoms with Gasteiger partial charge < -0.3 is 14.2 Å². The molecule has 2 rings (SSSR count). The summed E-state index contributed by atoms with van der Waals surface area (Å²) in [6.45, 7) is 10.7. The second kappa shape index (κ2) is 5.69. The smallest absolute Gasteiger partial charge is 0.122 e. The Bertz CT molecular complexity index is 425. The molecule has 1 aliphatic heterocycles. The quantitative estimate of drug-likeness (QED) is 0.611. The fourth-order valence-electron chi connectivity index (χ4n) is 2.41. The highest BCUT2D eigenvalue weighted by Crippen LogP contribution is 2.26. The molecule has 0 saturated heterocycles. The lowest BCUT2D eigenvalue weighted by Gasteiger charge is -2.31. The zero-order chi connectivity index (χ0) is 14.0. The molecule has 0 saturated carbocycles. The van der Waals surface area contributed by atoms with Crippen molar-refractivity contribution in [1.29, 1.82) is 0 Å². The predicted octanol–water partition coefficient (Wildman–Crippen LogP) is 2.64. The molecule has 2 heterocycles. The highest BCUT2D eigenvalue weighted by atomic mass is 28.3. The van der Waals surface area contributed by atoms with E-state index < -0.39 is 8.07 Å². The van der Waals surface area contributed by atoms with Gasteiger partial charge in [0.05, 0.1) is 12.4 Å². The summed E-state index contributed by atoms with van der Waals surface area (Å²) >= 11 is 0. The monoisotopic (exact) mass is 281 g/mol. The van der Waals surface area contributed by atoms with Gasteiger partial charge in [-0.2, -0.15) is 0 Å². The number of hydrogen-bond donors (Lipinski definition) is 0. The van der Waals surface area contributed by atoms with E-state index >= 15 is 0 Å². The van der Waals surface area contributed by atoms with Crippen LogP contribution in [0.25, 0.3) is 0 Å². The van der Waals surface area contributed by atoms with E-state index in [0.29, 0.717) is 6.73 Å². The summed E-state index contributed by atoms with van der Waals surface area (Å²) in [6, 6.07) is 1.23. The van der Waals surface area contributed by atoms with Crippen molar-refractivity contribution in [2.75, 3.05) is 32.3 Å². The van der Waals surface area contributed by atoms with Crippen LogP contribution in [0.5, 0.6) is 0 Å². The molecular weight excluding hydrogens is 254 g/mol. The van der Waals surface area contributed by atoms with Crippen molar-refractivity contribution in [3.05, 3.63) is 18.0 Å². The van der Waals surface area contributed by atoms with E-state index in [1.165, 1.54) is 17.3 Å². The second-order valence-electron chi connectivity index (χ2n) is 6.88. The lowest BCUT2D eigenvalue weighted by atomic mass is 10.2. The van der Waals surface area contributed by atoms with Gasteiger partial charge in [-0.05, 0) is 13.1 Å². The molecule has 5 heteroatoms. The third kappa shape index (κ3) is 4.09. The van der Waals surface area contributed by atoms with Gasteiger partial charge in [-0.25, -0.2) is 0 Å². The molecule has 0 bridgehead atoms. The number of anilines is 1. The summed E-state index contributed by atoms with van der Waals surface area (Å²) in [5, 5.41) is 0. The first kappa shape index (κ1) is 14.6. The molecular formula is C14H27N3OSi. The Morgan fingerprint density at radius 1 is 1.21 bits per heavy atom. The normalized spacial score (nSPS) is 16.8. The molecule has 0 spiro atoms. The van der Waals surface area contributed by atoms with Crippen molar-refractivity contribution in [1.82, 2.24) is 9.47 Å². The highest BCUT2D eigenvalue weighted by Gasteiger charge is 2.19. The highest BCUT2D eigenvalue weighted by molar-refractivity contribution is 6.76. The average molecular weight is 281 g/mol. The summed E-state index contributed by atoms with van der Waals surface area (Å²) in [6.07, 6.45) is 4.42. The van der Waals surface area contributed by atoms with Crippen molar-refractivity contribution in [2.45, 2.75) is 39.0 Å². The van der Waals surface area contributed by atoms with Crippen LogP contribution in [0.15, 0.2) is 12.4 Å². The van der Waals surface area contributed by atoms with Gasteiger partial charge in [0.15, 0.2) is 0 Å². The van der Waals surface area contributed by atoms with E-state index in [1.807, 2.05) is 0 Å². The van der Waals surface area contributed by atoms with Crippen molar-refractivity contribution in [2.24, 2.45) is 0 Å². The molecule has 0 radical (unpaired) electrons. The average Bonchev–Trinajstić information content (AvgIpc) is 2.66. The minimum absolute atomic E-state index is 0.676. The Kier molecular flexibility index (Phi) is 4.38. The zero-order valence-corrected chi connectivity index (χ0v) is 13.9. The lowest BCUT2D eigenvalue weighted by molar-refractivity contribution is 0.0874. The van der Waals surface area contributed by atoms with Gasteiger partial charge in [-0.15, -0.1) is 0 Å². The van der Waals surface area contributed by atoms with Gasteiger partial charge >= 0.3 is 0 Å². The molecule has 0 aliphatic carbocycles. The van der Waals surface area contributed by atoms with E-state index in [4.69, 9.17) is 4.74 Å². The van der Waals surface area contributed by atoms with Crippen molar-refractivity contribution >= 4 is 13.8 Å². The molecule has 4 nitrogen and oxygen atoms in total. The van der Waals surface area contributed by atoms with Crippen LogP contribution in [0, 0.1) is 0 Å². The van der Waals surface area contributed by atoms with Crippen LogP contribution in [-0.2, 0) is 18.0 Å². The molecule has 0 aromatic carbocycles. The number of ether oxygens (including phenoxy) is 1. The molecule has 0 unspecified atom stereocenters. The third-order valence-corrected chi connectivity index (χ3v) is 5.18. The first-order chi connectivity index (χ1) is 8.85. The van der Waals surface area contributed by atoms with Crippen LogP contribution < -0.4 is 4.90 Å². The first-order valence-electron chi connectivity index (χ1n) is 7.01. The number of hydrogen-bond acceptors (Lipinski definition) is 3. The molecule has 0 fully saturated rings. The first-order valence-corrected chi connectivity index (χ1v) is 10.7. The summed E-state index contributed by atoms with van der Waals surface area (Å²) < 4.78 is 7.97. The van der Waals surface area contributed by atoms with Gasteiger partial charge in [0.2, 0.25) is 0 Å². The van der Waals surface area contributed by atoms with E-state index in [1.54, 1.807) is 0 Å². The summed E-state index contributed by atoms with van der Waals surface area (Å²) in [5.74, 6) is 0. The number of rotatable bonds is 5. The number of aromatic nitrogens is 1. The van der Waals surface area contributed by atoms with Crippen LogP contribution in [-0.4, -0.2) is 44.9 Å². The van der Waals surface area contributed by atoms with Gasteiger partial charge in [-0.1, -0.05) is 19.6 Å². The largest absolute Gasteiger partial charge is 0.361 e. The summed E-state index contributed by atoms with van der Waals surface area (Å²) in [5.41, 5.74) is 2.73. The molecule has 0 atom stereocenters. The van der Waals surface area contributed by atoms with Gasteiger partial charge in [-0.3, -0.25) is 4.90 Å². The maximum Gasteiger partial charge on any atom is 0.122 e. The van der Waals surface area contributed by atoms with Gasteiger partial charge in [0.1, 0.15) is 6.73 Å². The van der Waals surface area contributed by atoms with E-state index in [2.05, 4.69) is 60.5 Å². The van der Waals surface area contributed by atoms with Crippen LogP contribution >= 0.6 is 0 Å². The molecule has 1 aromatic rings. The lowest BCUT2D eigenvalue weighted by Crippen LogP contribution is -2.36. The van der Waals surface area contributed by atoms with Crippen molar-refractivity contribution in [3.8, 4) is 0 Å². The molecule has 108 valence electrons. The van der Waals surface area contributed by atoms with E-state index in [-0.39, 0.29) is 0 Å². The maximum absolute atomic E-state index is 5.80. The Labute approximate surface area is 118 Å². The van der Waals surface area contributed by atoms with Crippen molar-refractivity contribution < 1.29 is 4.74 Å². The van der Waals surface area contributed by atoms with Crippen LogP contribution in [0.1, 0.15) is 5.56 Å². The van der Waals surface area contributed by atoms with Crippen molar-refractivity contribution in [3.63, 3.8) is 0 Å². The zero-order valence-electron chi connectivity index (χ0n) is 12.9. The Morgan fingerprint density at radius 3 is 2.63 bits per heavy atom. The topological polar surface area (TPSA) is 20.6 Å². The van der Waals surface area contributed by atoms with Crippen LogP contribution in [0.2, 0.25) is 25.7 Å². The second-order valence-corrected chi connectivity index (χ2v) is 12.5. The van der Waals surface area contributed by atoms with Crippen LogP contribution in [0.4, 0.5) is 5.69 Å². The summed E-state index contributed by atoms with van der Waals surface area (Å²) in [4.78, 5) is 4.61. The number of nitrogens with zero attached hydrogens (tertiary/aromatic N) is 3. The Morgan fingerprint density at radius 2 is 1.95 bits per heavy atom. The minimum atomic E-state index is -0.974. The fourth-order valence-corrected chi connectivity index (χ4v) is 3.17. The van der Waals surface area contributed by atoms with Crippen LogP contribution in [0.3, 0.4) is 0 Å².